The van der Waals surface area contributed by atoms with Crippen LogP contribution >= 0.6 is 0 Å². The lowest BCUT2D eigenvalue weighted by Crippen LogP contribution is -2.33. The molecule has 0 saturated carbocycles. The summed E-state index contributed by atoms with van der Waals surface area (Å²) in [5, 5.41) is 2.94. The third-order valence-corrected chi connectivity index (χ3v) is 5.62. The first-order valence-corrected chi connectivity index (χ1v) is 8.88. The van der Waals surface area contributed by atoms with Gasteiger partial charge in [0.2, 0.25) is 0 Å². The van der Waals surface area contributed by atoms with Crippen LogP contribution in [0.2, 0.25) is 0 Å². The molecule has 132 valence electrons. The minimum absolute atomic E-state index is 0.0578. The third-order valence-electron chi connectivity index (χ3n) is 3.80. The molecule has 0 radical (unpaired) electrons. The minimum atomic E-state index is -3.95. The van der Waals surface area contributed by atoms with Gasteiger partial charge in [-0.05, 0) is 25.2 Å². The van der Waals surface area contributed by atoms with Crippen LogP contribution < -0.4 is 5.32 Å². The summed E-state index contributed by atoms with van der Waals surface area (Å²) >= 11 is 0. The maximum Gasteiger partial charge on any atom is 0.269 e. The van der Waals surface area contributed by atoms with E-state index < -0.39 is 15.9 Å². The van der Waals surface area contributed by atoms with Crippen LogP contribution in [0.5, 0.6) is 0 Å². The maximum atomic E-state index is 12.5. The Hall–Kier alpha value is -1.97. The molecule has 1 aromatic carbocycles. The summed E-state index contributed by atoms with van der Waals surface area (Å²) in [5.41, 5.74) is 0.317. The lowest BCUT2D eigenvalue weighted by Gasteiger charge is -2.17. The molecule has 9 heteroatoms. The second kappa shape index (κ2) is 7.29. The molecule has 0 unspecified atom stereocenters. The molecular weight excluding hydrogens is 334 g/mol. The van der Waals surface area contributed by atoms with Crippen molar-refractivity contribution in [1.29, 1.82) is 0 Å². The number of hydrogen-bond acceptors (Lipinski definition) is 6. The Balaban J connectivity index is 2.33. The highest BCUT2D eigenvalue weighted by atomic mass is 32.2. The molecule has 24 heavy (non-hydrogen) atoms. The number of fused-ring (bicyclic) bond motifs is 1. The van der Waals surface area contributed by atoms with Gasteiger partial charge in [-0.1, -0.05) is 0 Å². The highest BCUT2D eigenvalue weighted by molar-refractivity contribution is 7.90. The van der Waals surface area contributed by atoms with Crippen LogP contribution in [-0.2, 0) is 14.8 Å². The minimum Gasteiger partial charge on any atom is -0.383 e. The number of nitrogens with zero attached hydrogens (tertiary/aromatic N) is 2. The number of rotatable bonds is 7. The Morgan fingerprint density at radius 3 is 2.71 bits per heavy atom. The second-order valence-corrected chi connectivity index (χ2v) is 7.25. The van der Waals surface area contributed by atoms with Gasteiger partial charge < -0.3 is 15.0 Å². The van der Waals surface area contributed by atoms with E-state index in [1.807, 2.05) is 0 Å². The summed E-state index contributed by atoms with van der Waals surface area (Å²) in [5.74, 6) is -0.893. The summed E-state index contributed by atoms with van der Waals surface area (Å²) in [4.78, 5) is 26.0. The van der Waals surface area contributed by atoms with Gasteiger partial charge in [-0.15, -0.1) is 0 Å². The standard InChI is InChI=1S/C15H21N3O5S/c1-16-6-7-17(2)14(19)11-4-5-12-13(10-11)24(21,22)18(15(12)20)8-9-23-3/h4-5,10,16H,6-9H2,1-3H3. The second-order valence-electron chi connectivity index (χ2n) is 5.42. The Morgan fingerprint density at radius 2 is 2.08 bits per heavy atom. The van der Waals surface area contributed by atoms with Crippen LogP contribution in [-0.4, -0.2) is 76.9 Å². The van der Waals surface area contributed by atoms with Gasteiger partial charge in [0, 0.05) is 32.8 Å². The van der Waals surface area contributed by atoms with Crippen LogP contribution in [0.3, 0.4) is 0 Å². The SMILES string of the molecule is CNCCN(C)C(=O)c1ccc2c(c1)S(=O)(=O)N(CCOC)C2=O. The first-order valence-electron chi connectivity index (χ1n) is 7.44. The van der Waals surface area contributed by atoms with E-state index in [1.54, 1.807) is 14.1 Å². The molecule has 0 fully saturated rings. The topological polar surface area (TPSA) is 96.0 Å². The van der Waals surface area contributed by atoms with Crippen LogP contribution in [0.25, 0.3) is 0 Å². The van der Waals surface area contributed by atoms with Crippen LogP contribution in [0.4, 0.5) is 0 Å². The van der Waals surface area contributed by atoms with Crippen LogP contribution in [0.1, 0.15) is 20.7 Å². The van der Waals surface area contributed by atoms with Crippen molar-refractivity contribution in [2.24, 2.45) is 0 Å². The molecule has 8 nitrogen and oxygen atoms in total. The van der Waals surface area contributed by atoms with Crippen molar-refractivity contribution in [2.75, 3.05) is 47.4 Å². The average molecular weight is 355 g/mol. The molecule has 0 aromatic heterocycles. The largest absolute Gasteiger partial charge is 0.383 e. The summed E-state index contributed by atoms with van der Waals surface area (Å²) in [7, 11) is 0.897. The molecule has 0 aliphatic carbocycles. The summed E-state index contributed by atoms with van der Waals surface area (Å²) in [6.45, 7) is 1.15. The smallest absolute Gasteiger partial charge is 0.269 e. The van der Waals surface area contributed by atoms with Crippen molar-refractivity contribution in [3.8, 4) is 0 Å². The average Bonchev–Trinajstić information content (AvgIpc) is 2.76. The van der Waals surface area contributed by atoms with Gasteiger partial charge in [-0.25, -0.2) is 12.7 Å². The first kappa shape index (κ1) is 18.4. The van der Waals surface area contributed by atoms with Crippen molar-refractivity contribution in [2.45, 2.75) is 4.90 Å². The lowest BCUT2D eigenvalue weighted by atomic mass is 10.1. The number of amides is 2. The molecule has 2 amide bonds. The number of carbonyl (C=O) groups excluding carboxylic acids is 2. The van der Waals surface area contributed by atoms with Gasteiger partial charge in [0.05, 0.1) is 18.7 Å². The lowest BCUT2D eigenvalue weighted by molar-refractivity contribution is 0.0794. The summed E-state index contributed by atoms with van der Waals surface area (Å²) in [6.07, 6.45) is 0. The highest BCUT2D eigenvalue weighted by Gasteiger charge is 2.41. The quantitative estimate of drug-likeness (QED) is 0.726. The molecule has 1 heterocycles. The zero-order valence-electron chi connectivity index (χ0n) is 13.9. The Bertz CT molecular complexity index is 747. The molecular formula is C15H21N3O5S. The van der Waals surface area contributed by atoms with Gasteiger partial charge in [-0.2, -0.15) is 0 Å². The predicted octanol–water partition coefficient (Wildman–Crippen LogP) is -0.231. The summed E-state index contributed by atoms with van der Waals surface area (Å²) in [6, 6.07) is 4.14. The number of ether oxygens (including phenoxy) is 1. The number of likely N-dealkylation sites (N-methyl/N-ethyl adjacent to an activating group) is 2. The van der Waals surface area contributed by atoms with Gasteiger partial charge in [0.25, 0.3) is 21.8 Å². The third kappa shape index (κ3) is 3.28. The number of methoxy groups -OCH3 is 1. The van der Waals surface area contributed by atoms with Crippen molar-refractivity contribution in [3.63, 3.8) is 0 Å². The monoisotopic (exact) mass is 355 g/mol. The zero-order chi connectivity index (χ0) is 17.9. The molecule has 0 saturated heterocycles. The van der Waals surface area contributed by atoms with Gasteiger partial charge in [0.1, 0.15) is 4.90 Å². The van der Waals surface area contributed by atoms with E-state index in [1.165, 1.54) is 30.2 Å². The molecule has 0 atom stereocenters. The van der Waals surface area contributed by atoms with E-state index in [4.69, 9.17) is 4.74 Å². The molecule has 0 bridgehead atoms. The number of carbonyl (C=O) groups is 2. The number of nitrogens with one attached hydrogen (secondary N) is 1. The van der Waals surface area contributed by atoms with Gasteiger partial charge >= 0.3 is 0 Å². The molecule has 2 rings (SSSR count). The number of benzene rings is 1. The fourth-order valence-electron chi connectivity index (χ4n) is 2.41. The van der Waals surface area contributed by atoms with Crippen LogP contribution in [0.15, 0.2) is 23.1 Å². The van der Waals surface area contributed by atoms with E-state index >= 15 is 0 Å². The van der Waals surface area contributed by atoms with E-state index in [2.05, 4.69) is 5.32 Å². The van der Waals surface area contributed by atoms with Crippen molar-refractivity contribution in [3.05, 3.63) is 29.3 Å². The van der Waals surface area contributed by atoms with E-state index in [-0.39, 0.29) is 35.1 Å². The van der Waals surface area contributed by atoms with Crippen molar-refractivity contribution >= 4 is 21.8 Å². The predicted molar refractivity (Wildman–Crippen MR) is 87.4 cm³/mol. The fourth-order valence-corrected chi connectivity index (χ4v) is 3.98. The normalized spacial score (nSPS) is 15.5. The van der Waals surface area contributed by atoms with Gasteiger partial charge in [-0.3, -0.25) is 9.59 Å². The first-order chi connectivity index (χ1) is 11.3. The number of sulfonamides is 1. The van der Waals surface area contributed by atoms with Crippen LogP contribution in [0, 0.1) is 0 Å². The van der Waals surface area contributed by atoms with E-state index in [0.717, 1.165) is 4.31 Å². The fraction of sp³-hybridized carbons (Fsp3) is 0.467. The summed E-state index contributed by atoms with van der Waals surface area (Å²) < 4.78 is 30.7. The zero-order valence-corrected chi connectivity index (χ0v) is 14.7. The molecule has 1 aliphatic heterocycles. The highest BCUT2D eigenvalue weighted by Crippen LogP contribution is 2.31. The van der Waals surface area contributed by atoms with E-state index in [0.29, 0.717) is 13.1 Å². The Labute approximate surface area is 141 Å². The van der Waals surface area contributed by atoms with Crippen molar-refractivity contribution in [1.82, 2.24) is 14.5 Å². The van der Waals surface area contributed by atoms with Gasteiger partial charge in [0.15, 0.2) is 0 Å². The maximum absolute atomic E-state index is 12.5. The van der Waals surface area contributed by atoms with E-state index in [9.17, 15) is 18.0 Å². The molecule has 1 aromatic rings. The molecule has 1 N–H and O–H groups in total. The molecule has 1 aliphatic rings. The van der Waals surface area contributed by atoms with Crippen molar-refractivity contribution < 1.29 is 22.7 Å². The molecule has 0 spiro atoms. The number of hydrogen-bond donors (Lipinski definition) is 1. The Kier molecular flexibility index (Phi) is 5.58. The Morgan fingerprint density at radius 1 is 1.38 bits per heavy atom.